The fourth-order valence-corrected chi connectivity index (χ4v) is 2.07. The van der Waals surface area contributed by atoms with Crippen molar-refractivity contribution >= 4 is 21.6 Å². The van der Waals surface area contributed by atoms with E-state index in [4.69, 9.17) is 15.7 Å². The van der Waals surface area contributed by atoms with E-state index in [9.17, 15) is 10.1 Å². The molecule has 7 heteroatoms. The van der Waals surface area contributed by atoms with Crippen LogP contribution in [0, 0.1) is 21.4 Å². The third-order valence-electron chi connectivity index (χ3n) is 2.75. The molecule has 6 nitrogen and oxygen atoms in total. The van der Waals surface area contributed by atoms with Crippen LogP contribution in [-0.4, -0.2) is 4.92 Å². The molecule has 0 aliphatic heterocycles. The smallest absolute Gasteiger partial charge is 0.312 e. The van der Waals surface area contributed by atoms with Gasteiger partial charge in [0.25, 0.3) is 0 Å². The van der Waals surface area contributed by atoms with Crippen molar-refractivity contribution in [3.63, 3.8) is 0 Å². The zero-order valence-corrected chi connectivity index (χ0v) is 12.3. The summed E-state index contributed by atoms with van der Waals surface area (Å²) in [6, 6.07) is 11.2. The predicted molar refractivity (Wildman–Crippen MR) is 79.9 cm³/mol. The van der Waals surface area contributed by atoms with Crippen LogP contribution < -0.4 is 10.5 Å². The Bertz CT molecular complexity index is 741. The van der Waals surface area contributed by atoms with Gasteiger partial charge in [-0.1, -0.05) is 22.0 Å². The van der Waals surface area contributed by atoms with Gasteiger partial charge in [0.2, 0.25) is 5.75 Å². The van der Waals surface area contributed by atoms with Gasteiger partial charge in [0, 0.05) is 22.6 Å². The molecule has 0 amide bonds. The maximum absolute atomic E-state index is 11.1. The molecule has 2 rings (SSSR count). The Kier molecular flexibility index (Phi) is 4.52. The lowest BCUT2D eigenvalue weighted by atomic mass is 10.2. The van der Waals surface area contributed by atoms with Crippen molar-refractivity contribution in [1.29, 1.82) is 5.26 Å². The number of hydrogen-bond acceptors (Lipinski definition) is 5. The second kappa shape index (κ2) is 6.35. The second-order valence-electron chi connectivity index (χ2n) is 4.11. The average Bonchev–Trinajstić information content (AvgIpc) is 2.47. The molecule has 0 spiro atoms. The Hall–Kier alpha value is -2.43. The number of nitro benzene ring substituents is 1. The normalized spacial score (nSPS) is 9.95. The molecule has 0 unspecified atom stereocenters. The van der Waals surface area contributed by atoms with Crippen molar-refractivity contribution in [2.75, 3.05) is 0 Å². The predicted octanol–water partition coefficient (Wildman–Crippen LogP) is 3.48. The molecule has 2 N–H and O–H groups in total. The molecule has 106 valence electrons. The van der Waals surface area contributed by atoms with E-state index in [1.807, 2.05) is 12.1 Å². The third-order valence-corrected chi connectivity index (χ3v) is 3.25. The average molecular weight is 348 g/mol. The molecule has 21 heavy (non-hydrogen) atoms. The van der Waals surface area contributed by atoms with E-state index in [2.05, 4.69) is 15.9 Å². The van der Waals surface area contributed by atoms with Gasteiger partial charge in [0.15, 0.2) is 0 Å². The van der Waals surface area contributed by atoms with Crippen LogP contribution in [0.2, 0.25) is 0 Å². The first-order valence-corrected chi connectivity index (χ1v) is 6.69. The van der Waals surface area contributed by atoms with Gasteiger partial charge in [-0.2, -0.15) is 5.26 Å². The van der Waals surface area contributed by atoms with Crippen LogP contribution in [0.3, 0.4) is 0 Å². The second-order valence-corrected chi connectivity index (χ2v) is 5.03. The van der Waals surface area contributed by atoms with Gasteiger partial charge in [-0.05, 0) is 24.3 Å². The topological polar surface area (TPSA) is 102 Å². The van der Waals surface area contributed by atoms with Crippen LogP contribution in [0.15, 0.2) is 40.9 Å². The first kappa shape index (κ1) is 15.0. The molecule has 0 bridgehead atoms. The maximum atomic E-state index is 11.1. The Balaban J connectivity index is 2.47. The SMILES string of the molecule is N#Cc1ccc(Oc2cc(Br)ccc2CN)c([N+](=O)[O-])c1. The van der Waals surface area contributed by atoms with Crippen LogP contribution in [0.4, 0.5) is 5.69 Å². The molecule has 0 aliphatic rings. The number of nitrogens with zero attached hydrogens (tertiary/aromatic N) is 2. The van der Waals surface area contributed by atoms with Gasteiger partial charge in [-0.3, -0.25) is 10.1 Å². The third kappa shape index (κ3) is 3.37. The molecule has 0 aromatic heterocycles. The van der Waals surface area contributed by atoms with Gasteiger partial charge in [0.05, 0.1) is 16.6 Å². The highest BCUT2D eigenvalue weighted by Crippen LogP contribution is 2.34. The minimum Gasteiger partial charge on any atom is -0.450 e. The maximum Gasteiger partial charge on any atom is 0.312 e. The van der Waals surface area contributed by atoms with Crippen molar-refractivity contribution in [1.82, 2.24) is 0 Å². The van der Waals surface area contributed by atoms with E-state index in [0.717, 1.165) is 10.0 Å². The zero-order valence-electron chi connectivity index (χ0n) is 10.7. The lowest BCUT2D eigenvalue weighted by Gasteiger charge is -2.10. The van der Waals surface area contributed by atoms with Crippen molar-refractivity contribution < 1.29 is 9.66 Å². The van der Waals surface area contributed by atoms with Crippen molar-refractivity contribution in [2.45, 2.75) is 6.54 Å². The monoisotopic (exact) mass is 347 g/mol. The number of rotatable bonds is 4. The van der Waals surface area contributed by atoms with E-state index in [1.54, 1.807) is 12.1 Å². The highest BCUT2D eigenvalue weighted by atomic mass is 79.9. The van der Waals surface area contributed by atoms with Crippen LogP contribution in [0.25, 0.3) is 0 Å². The van der Waals surface area contributed by atoms with E-state index in [0.29, 0.717) is 5.75 Å². The zero-order chi connectivity index (χ0) is 15.4. The number of halogens is 1. The van der Waals surface area contributed by atoms with Crippen LogP contribution in [-0.2, 0) is 6.54 Å². The molecule has 0 fully saturated rings. The minimum absolute atomic E-state index is 0.0619. The molecule has 0 radical (unpaired) electrons. The standard InChI is InChI=1S/C14H10BrN3O3/c15-11-3-2-10(8-17)14(6-11)21-13-4-1-9(7-16)5-12(13)18(19)20/h1-6H,8,17H2. The molecule has 0 heterocycles. The summed E-state index contributed by atoms with van der Waals surface area (Å²) in [4.78, 5) is 10.5. The van der Waals surface area contributed by atoms with Crippen molar-refractivity contribution in [2.24, 2.45) is 5.73 Å². The molecular weight excluding hydrogens is 338 g/mol. The van der Waals surface area contributed by atoms with Gasteiger partial charge in [0.1, 0.15) is 5.75 Å². The molecule has 0 atom stereocenters. The number of nitro groups is 1. The van der Waals surface area contributed by atoms with Crippen LogP contribution in [0.5, 0.6) is 11.5 Å². The Morgan fingerprint density at radius 2 is 2.05 bits per heavy atom. The van der Waals surface area contributed by atoms with E-state index >= 15 is 0 Å². The summed E-state index contributed by atoms with van der Waals surface area (Å²) < 4.78 is 6.38. The summed E-state index contributed by atoms with van der Waals surface area (Å²) in [6.07, 6.45) is 0. The number of hydrogen-bond donors (Lipinski definition) is 1. The van der Waals surface area contributed by atoms with Crippen molar-refractivity contribution in [3.05, 3.63) is 62.1 Å². The van der Waals surface area contributed by atoms with E-state index in [1.165, 1.54) is 18.2 Å². The molecule has 0 aliphatic carbocycles. The molecular formula is C14H10BrN3O3. The summed E-state index contributed by atoms with van der Waals surface area (Å²) in [6.45, 7) is 0.243. The van der Waals surface area contributed by atoms with E-state index < -0.39 is 4.92 Å². The summed E-state index contributed by atoms with van der Waals surface area (Å²) >= 11 is 3.31. The highest BCUT2D eigenvalue weighted by Gasteiger charge is 2.18. The summed E-state index contributed by atoms with van der Waals surface area (Å²) in [7, 11) is 0. The highest BCUT2D eigenvalue weighted by molar-refractivity contribution is 9.10. The minimum atomic E-state index is -0.587. The number of benzene rings is 2. The fourth-order valence-electron chi connectivity index (χ4n) is 1.73. The van der Waals surface area contributed by atoms with Crippen LogP contribution in [0.1, 0.15) is 11.1 Å². The number of ether oxygens (including phenoxy) is 1. The fraction of sp³-hybridized carbons (Fsp3) is 0.0714. The molecule has 2 aromatic carbocycles. The Labute approximate surface area is 129 Å². The quantitative estimate of drug-likeness (QED) is 0.673. The van der Waals surface area contributed by atoms with Gasteiger partial charge < -0.3 is 10.5 Å². The van der Waals surface area contributed by atoms with Gasteiger partial charge >= 0.3 is 5.69 Å². The molecule has 0 saturated heterocycles. The lowest BCUT2D eigenvalue weighted by Crippen LogP contribution is -2.01. The lowest BCUT2D eigenvalue weighted by molar-refractivity contribution is -0.385. The number of nitrogens with two attached hydrogens (primary N) is 1. The van der Waals surface area contributed by atoms with Gasteiger partial charge in [-0.15, -0.1) is 0 Å². The van der Waals surface area contributed by atoms with Gasteiger partial charge in [-0.25, -0.2) is 0 Å². The van der Waals surface area contributed by atoms with Crippen LogP contribution >= 0.6 is 15.9 Å². The number of nitriles is 1. The largest absolute Gasteiger partial charge is 0.450 e. The summed E-state index contributed by atoms with van der Waals surface area (Å²) in [5, 5.41) is 19.9. The molecule has 2 aromatic rings. The Morgan fingerprint density at radius 1 is 1.29 bits per heavy atom. The van der Waals surface area contributed by atoms with Crippen molar-refractivity contribution in [3.8, 4) is 17.6 Å². The van der Waals surface area contributed by atoms with E-state index in [-0.39, 0.29) is 23.5 Å². The summed E-state index contributed by atoms with van der Waals surface area (Å²) in [5.74, 6) is 0.492. The summed E-state index contributed by atoms with van der Waals surface area (Å²) in [5.41, 5.74) is 6.27. The first-order chi connectivity index (χ1) is 10.0. The first-order valence-electron chi connectivity index (χ1n) is 5.90. The molecule has 0 saturated carbocycles. The Morgan fingerprint density at radius 3 is 2.67 bits per heavy atom.